The van der Waals surface area contributed by atoms with Gasteiger partial charge in [0.2, 0.25) is 5.82 Å². The number of rotatable bonds is 5. The molecule has 0 N–H and O–H groups in total. The van der Waals surface area contributed by atoms with Crippen LogP contribution in [0, 0.1) is 11.6 Å². The first-order valence-electron chi connectivity index (χ1n) is 6.40. The monoisotopic (exact) mass is 354 g/mol. The van der Waals surface area contributed by atoms with E-state index < -0.39 is 11.6 Å². The van der Waals surface area contributed by atoms with E-state index in [9.17, 15) is 13.6 Å². The summed E-state index contributed by atoms with van der Waals surface area (Å²) >= 11 is 3.04. The largest absolute Gasteiger partial charge is 0.482 e. The quantitative estimate of drug-likeness (QED) is 0.581. The van der Waals surface area contributed by atoms with Crippen LogP contribution in [0.1, 0.15) is 22.8 Å². The predicted molar refractivity (Wildman–Crippen MR) is 79.7 cm³/mol. The molecular formula is C16H13BrF2O2. The van der Waals surface area contributed by atoms with Crippen LogP contribution in [-0.2, 0) is 6.42 Å². The van der Waals surface area contributed by atoms with Crippen molar-refractivity contribution in [3.63, 3.8) is 0 Å². The molecule has 0 amide bonds. The molecule has 0 saturated heterocycles. The fraction of sp³-hybridized carbons (Fsp3) is 0.188. The number of ether oxygens (including phenoxy) is 1. The van der Waals surface area contributed by atoms with E-state index >= 15 is 0 Å². The van der Waals surface area contributed by atoms with E-state index in [1.54, 1.807) is 12.1 Å². The molecule has 110 valence electrons. The van der Waals surface area contributed by atoms with Gasteiger partial charge in [0.05, 0.1) is 0 Å². The molecule has 2 nitrogen and oxygen atoms in total. The Labute approximate surface area is 129 Å². The molecule has 0 atom stereocenters. The number of benzene rings is 2. The first-order chi connectivity index (χ1) is 10.0. The molecule has 0 aliphatic rings. The van der Waals surface area contributed by atoms with Gasteiger partial charge in [-0.1, -0.05) is 47.1 Å². The lowest BCUT2D eigenvalue weighted by atomic mass is 10.1. The van der Waals surface area contributed by atoms with Gasteiger partial charge in [0.15, 0.2) is 24.0 Å². The summed E-state index contributed by atoms with van der Waals surface area (Å²) < 4.78 is 32.1. The van der Waals surface area contributed by atoms with Crippen molar-refractivity contribution >= 4 is 21.7 Å². The van der Waals surface area contributed by atoms with E-state index in [1.165, 1.54) is 6.07 Å². The number of Topliss-reactive ketones (excluding diaryl/α,β-unsaturated/α-hetero) is 1. The minimum atomic E-state index is -1.10. The minimum absolute atomic E-state index is 0.291. The summed E-state index contributed by atoms with van der Waals surface area (Å²) in [4.78, 5) is 11.9. The molecule has 0 aromatic heterocycles. The summed E-state index contributed by atoms with van der Waals surface area (Å²) in [6.45, 7) is 1.67. The second-order valence-corrected chi connectivity index (χ2v) is 5.38. The molecule has 0 aliphatic carbocycles. The fourth-order valence-electron chi connectivity index (χ4n) is 1.79. The van der Waals surface area contributed by atoms with Gasteiger partial charge in [-0.3, -0.25) is 4.79 Å². The molecule has 2 aromatic rings. The van der Waals surface area contributed by atoms with Crippen molar-refractivity contribution in [2.45, 2.75) is 13.3 Å². The maximum atomic E-state index is 13.5. The lowest BCUT2D eigenvalue weighted by molar-refractivity contribution is 0.0918. The Kier molecular flexibility index (Phi) is 5.07. The number of halogens is 3. The molecule has 2 aromatic carbocycles. The molecule has 0 saturated carbocycles. The Balaban J connectivity index is 2.07. The van der Waals surface area contributed by atoms with E-state index in [0.717, 1.165) is 18.1 Å². The Hall–Kier alpha value is -1.75. The zero-order valence-corrected chi connectivity index (χ0v) is 12.9. The van der Waals surface area contributed by atoms with Gasteiger partial charge in [-0.2, -0.15) is 4.39 Å². The highest BCUT2D eigenvalue weighted by atomic mass is 79.9. The van der Waals surface area contributed by atoms with Crippen LogP contribution in [0.5, 0.6) is 5.75 Å². The van der Waals surface area contributed by atoms with Gasteiger partial charge in [0.1, 0.15) is 0 Å². The third-order valence-corrected chi connectivity index (χ3v) is 3.46. The van der Waals surface area contributed by atoms with Crippen LogP contribution in [0.25, 0.3) is 0 Å². The number of carbonyl (C=O) groups excluding carboxylic acids is 1. The number of aryl methyl sites for hydroxylation is 1. The van der Waals surface area contributed by atoms with Gasteiger partial charge in [0, 0.05) is 10.0 Å². The van der Waals surface area contributed by atoms with Gasteiger partial charge >= 0.3 is 0 Å². The standard InChI is InChI=1S/C16H13BrF2O2/c1-2-10-3-5-11(6-4-10)14(20)9-21-15-8-12(17)7-13(18)16(15)19/h3-8H,2,9H2,1H3. The fourth-order valence-corrected chi connectivity index (χ4v) is 2.20. The molecule has 21 heavy (non-hydrogen) atoms. The maximum Gasteiger partial charge on any atom is 0.200 e. The van der Waals surface area contributed by atoms with Gasteiger partial charge in [0.25, 0.3) is 0 Å². The molecule has 0 unspecified atom stereocenters. The van der Waals surface area contributed by atoms with Crippen molar-refractivity contribution in [1.29, 1.82) is 0 Å². The summed E-state index contributed by atoms with van der Waals surface area (Å²) in [6, 6.07) is 9.38. The molecule has 0 aliphatic heterocycles. The van der Waals surface area contributed by atoms with Crippen molar-refractivity contribution in [2.75, 3.05) is 6.61 Å². The van der Waals surface area contributed by atoms with Crippen LogP contribution >= 0.6 is 15.9 Å². The van der Waals surface area contributed by atoms with Gasteiger partial charge in [-0.15, -0.1) is 0 Å². The zero-order valence-electron chi connectivity index (χ0n) is 11.3. The van der Waals surface area contributed by atoms with Crippen molar-refractivity contribution in [2.24, 2.45) is 0 Å². The van der Waals surface area contributed by atoms with Gasteiger partial charge in [-0.05, 0) is 24.1 Å². The van der Waals surface area contributed by atoms with Crippen LogP contribution in [0.3, 0.4) is 0 Å². The Morgan fingerprint density at radius 1 is 1.19 bits per heavy atom. The van der Waals surface area contributed by atoms with E-state index in [-0.39, 0.29) is 18.1 Å². The number of hydrogen-bond donors (Lipinski definition) is 0. The summed E-state index contributed by atoms with van der Waals surface area (Å²) in [5.74, 6) is -2.72. The molecule has 0 heterocycles. The lowest BCUT2D eigenvalue weighted by Gasteiger charge is -2.08. The van der Waals surface area contributed by atoms with E-state index in [1.807, 2.05) is 19.1 Å². The van der Waals surface area contributed by atoms with Crippen molar-refractivity contribution < 1.29 is 18.3 Å². The molecule has 0 radical (unpaired) electrons. The SMILES string of the molecule is CCc1ccc(C(=O)COc2cc(Br)cc(F)c2F)cc1. The van der Waals surface area contributed by atoms with E-state index in [0.29, 0.717) is 10.0 Å². The second-order valence-electron chi connectivity index (χ2n) is 4.46. The van der Waals surface area contributed by atoms with Crippen molar-refractivity contribution in [3.8, 4) is 5.75 Å². The Morgan fingerprint density at radius 3 is 2.48 bits per heavy atom. The van der Waals surface area contributed by atoms with Crippen molar-refractivity contribution in [1.82, 2.24) is 0 Å². The lowest BCUT2D eigenvalue weighted by Crippen LogP contribution is -2.12. The molecule has 0 spiro atoms. The van der Waals surface area contributed by atoms with Crippen LogP contribution in [0.2, 0.25) is 0 Å². The molecule has 0 fully saturated rings. The van der Waals surface area contributed by atoms with Gasteiger partial charge < -0.3 is 4.74 Å². The molecule has 5 heteroatoms. The first kappa shape index (κ1) is 15.6. The second kappa shape index (κ2) is 6.80. The predicted octanol–water partition coefficient (Wildman–Crippen LogP) is 4.55. The molecule has 2 rings (SSSR count). The van der Waals surface area contributed by atoms with Crippen LogP contribution in [-0.4, -0.2) is 12.4 Å². The highest BCUT2D eigenvalue weighted by molar-refractivity contribution is 9.10. The normalized spacial score (nSPS) is 10.5. The third-order valence-electron chi connectivity index (χ3n) is 3.00. The Morgan fingerprint density at radius 2 is 1.86 bits per heavy atom. The van der Waals surface area contributed by atoms with Crippen LogP contribution in [0.4, 0.5) is 8.78 Å². The first-order valence-corrected chi connectivity index (χ1v) is 7.20. The van der Waals surface area contributed by atoms with E-state index in [2.05, 4.69) is 15.9 Å². The average Bonchev–Trinajstić information content (AvgIpc) is 2.49. The Bertz CT molecular complexity index is 654. The van der Waals surface area contributed by atoms with E-state index in [4.69, 9.17) is 4.74 Å². The maximum absolute atomic E-state index is 13.5. The van der Waals surface area contributed by atoms with Crippen LogP contribution in [0.15, 0.2) is 40.9 Å². The number of hydrogen-bond acceptors (Lipinski definition) is 2. The number of ketones is 1. The topological polar surface area (TPSA) is 26.3 Å². The van der Waals surface area contributed by atoms with Crippen molar-refractivity contribution in [3.05, 3.63) is 63.6 Å². The summed E-state index contributed by atoms with van der Waals surface area (Å²) in [7, 11) is 0. The van der Waals surface area contributed by atoms with Crippen LogP contribution < -0.4 is 4.74 Å². The third kappa shape index (κ3) is 3.88. The smallest absolute Gasteiger partial charge is 0.200 e. The minimum Gasteiger partial charge on any atom is -0.482 e. The molecular weight excluding hydrogens is 342 g/mol. The zero-order chi connectivity index (χ0) is 15.4. The highest BCUT2D eigenvalue weighted by Gasteiger charge is 2.13. The summed E-state index contributed by atoms with van der Waals surface area (Å²) in [5, 5.41) is 0. The average molecular weight is 355 g/mol. The summed E-state index contributed by atoms with van der Waals surface area (Å²) in [5.41, 5.74) is 1.59. The number of carbonyl (C=O) groups is 1. The highest BCUT2D eigenvalue weighted by Crippen LogP contribution is 2.25. The van der Waals surface area contributed by atoms with Gasteiger partial charge in [-0.25, -0.2) is 4.39 Å². The molecule has 0 bridgehead atoms. The summed E-state index contributed by atoms with van der Waals surface area (Å²) in [6.07, 6.45) is 0.882.